The van der Waals surface area contributed by atoms with Crippen molar-refractivity contribution >= 4 is 22.9 Å². The fourth-order valence-electron chi connectivity index (χ4n) is 1.29. The molecule has 0 aliphatic heterocycles. The van der Waals surface area contributed by atoms with Gasteiger partial charge in [-0.3, -0.25) is 29.8 Å². The maximum atomic E-state index is 10.3. The molecule has 1 aromatic carbocycles. The molecule has 22 heavy (non-hydrogen) atoms. The first-order valence-corrected chi connectivity index (χ1v) is 5.51. The van der Waals surface area contributed by atoms with Crippen LogP contribution in [0.5, 0.6) is 11.5 Å². The van der Waals surface area contributed by atoms with E-state index in [1.165, 1.54) is 24.3 Å². The minimum Gasteiger partial charge on any atom is -0.502 e. The third-order valence-corrected chi connectivity index (χ3v) is 2.29. The van der Waals surface area contributed by atoms with Crippen molar-refractivity contribution in [3.8, 4) is 11.5 Å². The van der Waals surface area contributed by atoms with Gasteiger partial charge in [0.2, 0.25) is 11.5 Å². The molecule has 0 fully saturated rings. The zero-order chi connectivity index (χ0) is 16.9. The van der Waals surface area contributed by atoms with E-state index in [2.05, 4.69) is 0 Å². The van der Waals surface area contributed by atoms with Crippen LogP contribution in [0.1, 0.15) is 0 Å². The quantitative estimate of drug-likeness (QED) is 0.356. The molecular formula is C12H8N2O8. The summed E-state index contributed by atoms with van der Waals surface area (Å²) >= 11 is 0. The maximum absolute atomic E-state index is 10.3. The summed E-state index contributed by atoms with van der Waals surface area (Å²) in [6.45, 7) is 0. The molecule has 10 nitrogen and oxygen atoms in total. The van der Waals surface area contributed by atoms with Gasteiger partial charge in [0, 0.05) is 0 Å². The number of hydrogen-bond donors (Lipinski definition) is 2. The monoisotopic (exact) mass is 308 g/mol. The third kappa shape index (κ3) is 4.23. The Morgan fingerprint density at radius 2 is 1.00 bits per heavy atom. The summed E-state index contributed by atoms with van der Waals surface area (Å²) in [6, 6.07) is 1.04. The van der Waals surface area contributed by atoms with Crippen LogP contribution in [0.25, 0.3) is 0 Å². The van der Waals surface area contributed by atoms with Crippen LogP contribution in [0.2, 0.25) is 0 Å². The van der Waals surface area contributed by atoms with Crippen molar-refractivity contribution in [1.29, 1.82) is 0 Å². The SMILES string of the molecule is O=C1C=CC(=O)C=C1.O=[N+]([O-])c1cc(O)c([N+](=O)[O-])cc1O. The number of benzene rings is 1. The number of nitrogens with zero attached hydrogens (tertiary/aromatic N) is 2. The van der Waals surface area contributed by atoms with Crippen molar-refractivity contribution in [2.45, 2.75) is 0 Å². The molecule has 0 amide bonds. The van der Waals surface area contributed by atoms with Gasteiger partial charge in [-0.15, -0.1) is 0 Å². The molecule has 0 unspecified atom stereocenters. The Hall–Kier alpha value is -3.56. The smallest absolute Gasteiger partial charge is 0.314 e. The topological polar surface area (TPSA) is 161 Å². The Labute approximate surface area is 121 Å². The predicted octanol–water partition coefficient (Wildman–Crippen LogP) is 1.16. The van der Waals surface area contributed by atoms with Crippen LogP contribution in [0, 0.1) is 20.2 Å². The normalized spacial score (nSPS) is 12.5. The van der Waals surface area contributed by atoms with E-state index < -0.39 is 32.7 Å². The van der Waals surface area contributed by atoms with Gasteiger partial charge in [-0.05, 0) is 24.3 Å². The van der Waals surface area contributed by atoms with Crippen LogP contribution in [0.3, 0.4) is 0 Å². The lowest BCUT2D eigenvalue weighted by Gasteiger charge is -1.98. The molecule has 2 rings (SSSR count). The Kier molecular flexibility index (Phi) is 5.06. The fraction of sp³-hybridized carbons (Fsp3) is 0. The highest BCUT2D eigenvalue weighted by atomic mass is 16.6. The van der Waals surface area contributed by atoms with Gasteiger partial charge in [0.1, 0.15) is 0 Å². The lowest BCUT2D eigenvalue weighted by Crippen LogP contribution is -1.97. The molecule has 0 saturated carbocycles. The van der Waals surface area contributed by atoms with Crippen molar-refractivity contribution in [1.82, 2.24) is 0 Å². The number of rotatable bonds is 2. The molecule has 0 bridgehead atoms. The molecular weight excluding hydrogens is 300 g/mol. The van der Waals surface area contributed by atoms with Gasteiger partial charge in [0.15, 0.2) is 11.6 Å². The summed E-state index contributed by atoms with van der Waals surface area (Å²) in [5.74, 6) is -1.96. The second-order valence-electron chi connectivity index (χ2n) is 3.82. The van der Waals surface area contributed by atoms with E-state index in [9.17, 15) is 29.8 Å². The van der Waals surface area contributed by atoms with Gasteiger partial charge in [-0.1, -0.05) is 0 Å². The lowest BCUT2D eigenvalue weighted by molar-refractivity contribution is -0.390. The third-order valence-electron chi connectivity index (χ3n) is 2.29. The zero-order valence-electron chi connectivity index (χ0n) is 10.7. The van der Waals surface area contributed by atoms with Gasteiger partial charge in [0.25, 0.3) is 0 Å². The number of carbonyl (C=O) groups excluding carboxylic acids is 2. The van der Waals surface area contributed by atoms with Crippen LogP contribution < -0.4 is 0 Å². The Balaban J connectivity index is 0.000000255. The predicted molar refractivity (Wildman–Crippen MR) is 71.4 cm³/mol. The molecule has 114 valence electrons. The second-order valence-corrected chi connectivity index (χ2v) is 3.82. The number of allylic oxidation sites excluding steroid dienone is 4. The van der Waals surface area contributed by atoms with Crippen LogP contribution >= 0.6 is 0 Å². The first-order chi connectivity index (χ1) is 10.2. The van der Waals surface area contributed by atoms with Gasteiger partial charge in [0.05, 0.1) is 22.0 Å². The molecule has 0 heterocycles. The van der Waals surface area contributed by atoms with Gasteiger partial charge in [-0.2, -0.15) is 0 Å². The molecule has 0 spiro atoms. The number of hydrogen-bond acceptors (Lipinski definition) is 8. The first-order valence-electron chi connectivity index (χ1n) is 5.51. The minimum absolute atomic E-state index is 0.121. The van der Waals surface area contributed by atoms with Crippen molar-refractivity contribution in [3.05, 3.63) is 56.7 Å². The van der Waals surface area contributed by atoms with E-state index >= 15 is 0 Å². The van der Waals surface area contributed by atoms with Crippen molar-refractivity contribution < 1.29 is 29.6 Å². The maximum Gasteiger partial charge on any atom is 0.314 e. The number of ketones is 2. The minimum atomic E-state index is -0.960. The summed E-state index contributed by atoms with van der Waals surface area (Å²) in [6.07, 6.45) is 5.01. The highest BCUT2D eigenvalue weighted by molar-refractivity contribution is 6.14. The number of phenolic OH excluding ortho intramolecular Hbond substituents is 2. The molecule has 10 heteroatoms. The van der Waals surface area contributed by atoms with E-state index in [1.54, 1.807) is 0 Å². The second kappa shape index (κ2) is 6.74. The molecule has 0 saturated heterocycles. The standard InChI is InChI=1S/C6H4N2O6.C6H4O2/c9-5-1-3(7(11)12)6(10)2-4(5)8(13)14;7-5-1-2-6(8)4-3-5/h1-2,9-10H;1-4H. The van der Waals surface area contributed by atoms with E-state index in [0.717, 1.165) is 0 Å². The molecule has 0 aromatic heterocycles. The summed E-state index contributed by atoms with van der Waals surface area (Å²) in [4.78, 5) is 39.1. The Bertz CT molecular complexity index is 642. The first kappa shape index (κ1) is 16.5. The highest BCUT2D eigenvalue weighted by Gasteiger charge is 2.23. The highest BCUT2D eigenvalue weighted by Crippen LogP contribution is 2.37. The lowest BCUT2D eigenvalue weighted by atomic mass is 10.2. The molecule has 1 aliphatic rings. The van der Waals surface area contributed by atoms with Crippen LogP contribution in [-0.4, -0.2) is 31.6 Å². The van der Waals surface area contributed by atoms with E-state index in [4.69, 9.17) is 10.2 Å². The van der Waals surface area contributed by atoms with Crippen LogP contribution in [0.4, 0.5) is 11.4 Å². The fourth-order valence-corrected chi connectivity index (χ4v) is 1.29. The number of nitro groups is 2. The molecule has 0 radical (unpaired) electrons. The molecule has 0 atom stereocenters. The average Bonchev–Trinajstić information content (AvgIpc) is 2.44. The number of phenols is 2. The summed E-state index contributed by atoms with van der Waals surface area (Å²) in [5, 5.41) is 38.4. The number of carbonyl (C=O) groups is 2. The van der Waals surface area contributed by atoms with E-state index in [1.807, 2.05) is 0 Å². The summed E-state index contributed by atoms with van der Waals surface area (Å²) < 4.78 is 0. The molecule has 1 aliphatic carbocycles. The molecule has 1 aromatic rings. The van der Waals surface area contributed by atoms with Crippen LogP contribution in [0.15, 0.2) is 36.4 Å². The van der Waals surface area contributed by atoms with E-state index in [0.29, 0.717) is 12.1 Å². The Morgan fingerprint density at radius 3 is 1.23 bits per heavy atom. The number of aromatic hydroxyl groups is 2. The van der Waals surface area contributed by atoms with Crippen molar-refractivity contribution in [2.75, 3.05) is 0 Å². The summed E-state index contributed by atoms with van der Waals surface area (Å²) in [7, 11) is 0. The average molecular weight is 308 g/mol. The van der Waals surface area contributed by atoms with Crippen LogP contribution in [-0.2, 0) is 9.59 Å². The summed E-state index contributed by atoms with van der Waals surface area (Å²) in [5.41, 5.74) is -1.57. The van der Waals surface area contributed by atoms with Gasteiger partial charge < -0.3 is 10.2 Å². The van der Waals surface area contributed by atoms with Crippen molar-refractivity contribution in [3.63, 3.8) is 0 Å². The number of nitro benzene ring substituents is 2. The van der Waals surface area contributed by atoms with Crippen molar-refractivity contribution in [2.24, 2.45) is 0 Å². The van der Waals surface area contributed by atoms with Gasteiger partial charge >= 0.3 is 11.4 Å². The largest absolute Gasteiger partial charge is 0.502 e. The van der Waals surface area contributed by atoms with Gasteiger partial charge in [-0.25, -0.2) is 0 Å². The van der Waals surface area contributed by atoms with E-state index in [-0.39, 0.29) is 11.6 Å². The Morgan fingerprint density at radius 1 is 0.727 bits per heavy atom. The molecule has 2 N–H and O–H groups in total. The zero-order valence-corrected chi connectivity index (χ0v) is 10.7.